The van der Waals surface area contributed by atoms with Crippen molar-refractivity contribution in [1.82, 2.24) is 16.0 Å². The minimum Gasteiger partial charge on any atom is -0.460 e. The molecule has 1 fully saturated rings. The fourth-order valence-corrected chi connectivity index (χ4v) is 4.81. The molecular weight excluding hydrogens is 506 g/mol. The summed E-state index contributed by atoms with van der Waals surface area (Å²) in [5.74, 6) is -1.72. The summed E-state index contributed by atoms with van der Waals surface area (Å²) < 4.78 is 5.44. The molecule has 1 saturated carbocycles. The summed E-state index contributed by atoms with van der Waals surface area (Å²) in [6.45, 7) is 6.89. The highest BCUT2D eigenvalue weighted by atomic mass is 16.6. The SMILES string of the molecule is CC(C)(C)OC(=O)CC[C@](C)(NC(=O)c1ccccc1)C(=O)N[C@@H](Cc1ccccc1)C(=O)NC1CCCCC1. The van der Waals surface area contributed by atoms with Crippen molar-refractivity contribution in [1.29, 1.82) is 0 Å². The van der Waals surface area contributed by atoms with Crippen LogP contribution in [-0.4, -0.2) is 46.9 Å². The molecule has 2 aromatic carbocycles. The lowest BCUT2D eigenvalue weighted by molar-refractivity contribution is -0.155. The lowest BCUT2D eigenvalue weighted by Crippen LogP contribution is -2.61. The number of rotatable bonds is 11. The van der Waals surface area contributed by atoms with Gasteiger partial charge in [0.2, 0.25) is 11.8 Å². The maximum atomic E-state index is 13.9. The monoisotopic (exact) mass is 549 g/mol. The van der Waals surface area contributed by atoms with Crippen molar-refractivity contribution in [2.24, 2.45) is 0 Å². The molecule has 0 saturated heterocycles. The molecule has 0 radical (unpaired) electrons. The van der Waals surface area contributed by atoms with Crippen LogP contribution in [0.4, 0.5) is 0 Å². The number of ether oxygens (including phenoxy) is 1. The van der Waals surface area contributed by atoms with Gasteiger partial charge in [0.25, 0.3) is 5.91 Å². The van der Waals surface area contributed by atoms with Gasteiger partial charge in [-0.2, -0.15) is 0 Å². The van der Waals surface area contributed by atoms with Crippen LogP contribution in [0, 0.1) is 0 Å². The van der Waals surface area contributed by atoms with Crippen LogP contribution in [0.3, 0.4) is 0 Å². The Balaban J connectivity index is 1.82. The number of carbonyl (C=O) groups excluding carboxylic acids is 4. The van der Waals surface area contributed by atoms with E-state index in [4.69, 9.17) is 4.74 Å². The fourth-order valence-electron chi connectivity index (χ4n) is 4.81. The first-order chi connectivity index (χ1) is 18.9. The van der Waals surface area contributed by atoms with E-state index < -0.39 is 35.0 Å². The number of amides is 3. The van der Waals surface area contributed by atoms with E-state index in [1.165, 1.54) is 0 Å². The van der Waals surface area contributed by atoms with Gasteiger partial charge in [0.05, 0.1) is 0 Å². The van der Waals surface area contributed by atoms with Gasteiger partial charge in [0.1, 0.15) is 17.2 Å². The van der Waals surface area contributed by atoms with Gasteiger partial charge in [0.15, 0.2) is 0 Å². The quantitative estimate of drug-likeness (QED) is 0.358. The summed E-state index contributed by atoms with van der Waals surface area (Å²) in [6.07, 6.45) is 5.32. The summed E-state index contributed by atoms with van der Waals surface area (Å²) in [7, 11) is 0. The number of esters is 1. The molecule has 40 heavy (non-hydrogen) atoms. The third-order valence-electron chi connectivity index (χ3n) is 7.03. The Morgan fingerprint density at radius 1 is 0.875 bits per heavy atom. The first kappa shape index (κ1) is 30.9. The minimum atomic E-state index is -1.48. The van der Waals surface area contributed by atoms with E-state index >= 15 is 0 Å². The Kier molecular flexibility index (Phi) is 10.9. The standard InChI is InChI=1S/C32H43N3O5/c1-31(2,3)40-27(36)20-21-32(4,35-28(37)24-16-10-6-11-17-24)30(39)34-26(22-23-14-8-5-9-15-23)29(38)33-25-18-12-7-13-19-25/h5-6,8-11,14-17,25-26H,7,12-13,18-22H2,1-4H3,(H,33,38)(H,34,39)(H,35,37)/t26-,32-/m0/s1. The lowest BCUT2D eigenvalue weighted by Gasteiger charge is -2.32. The number of hydrogen-bond donors (Lipinski definition) is 3. The predicted molar refractivity (Wildman–Crippen MR) is 154 cm³/mol. The highest BCUT2D eigenvalue weighted by Crippen LogP contribution is 2.20. The van der Waals surface area contributed by atoms with Crippen LogP contribution in [0.5, 0.6) is 0 Å². The fraction of sp³-hybridized carbons (Fsp3) is 0.500. The molecule has 8 heteroatoms. The zero-order valence-electron chi connectivity index (χ0n) is 24.1. The normalized spacial score (nSPS) is 16.2. The Hall–Kier alpha value is -3.68. The third kappa shape index (κ3) is 9.81. The van der Waals surface area contributed by atoms with Gasteiger partial charge < -0.3 is 20.7 Å². The minimum absolute atomic E-state index is 0.00534. The van der Waals surface area contributed by atoms with Crippen molar-refractivity contribution in [3.05, 3.63) is 71.8 Å². The molecule has 1 aliphatic carbocycles. The van der Waals surface area contributed by atoms with Crippen molar-refractivity contribution < 1.29 is 23.9 Å². The predicted octanol–water partition coefficient (Wildman–Crippen LogP) is 4.47. The molecule has 3 N–H and O–H groups in total. The van der Waals surface area contributed by atoms with Gasteiger partial charge in [-0.1, -0.05) is 67.8 Å². The molecule has 0 unspecified atom stereocenters. The number of carbonyl (C=O) groups is 4. The van der Waals surface area contributed by atoms with Gasteiger partial charge in [-0.15, -0.1) is 0 Å². The largest absolute Gasteiger partial charge is 0.460 e. The van der Waals surface area contributed by atoms with Crippen molar-refractivity contribution in [3.8, 4) is 0 Å². The van der Waals surface area contributed by atoms with E-state index in [1.807, 2.05) is 30.3 Å². The Morgan fingerprint density at radius 3 is 2.08 bits per heavy atom. The van der Waals surface area contributed by atoms with Gasteiger partial charge in [0, 0.05) is 24.4 Å². The van der Waals surface area contributed by atoms with Crippen LogP contribution >= 0.6 is 0 Å². The van der Waals surface area contributed by atoms with E-state index in [0.29, 0.717) is 12.0 Å². The zero-order chi connectivity index (χ0) is 29.2. The van der Waals surface area contributed by atoms with E-state index in [9.17, 15) is 19.2 Å². The molecule has 0 bridgehead atoms. The molecule has 3 amide bonds. The molecule has 0 spiro atoms. The van der Waals surface area contributed by atoms with Crippen molar-refractivity contribution in [3.63, 3.8) is 0 Å². The second kappa shape index (κ2) is 14.1. The summed E-state index contributed by atoms with van der Waals surface area (Å²) in [6, 6.07) is 17.3. The Labute approximate surface area is 237 Å². The first-order valence-electron chi connectivity index (χ1n) is 14.2. The van der Waals surface area contributed by atoms with Gasteiger partial charge in [-0.3, -0.25) is 19.2 Å². The van der Waals surface area contributed by atoms with Crippen LogP contribution in [0.2, 0.25) is 0 Å². The third-order valence-corrected chi connectivity index (χ3v) is 7.03. The van der Waals surface area contributed by atoms with Crippen molar-refractivity contribution in [2.45, 2.75) is 102 Å². The van der Waals surface area contributed by atoms with E-state index in [0.717, 1.165) is 37.7 Å². The molecule has 2 aromatic rings. The second-order valence-electron chi connectivity index (χ2n) is 11.8. The average Bonchev–Trinajstić information content (AvgIpc) is 2.92. The Bertz CT molecular complexity index is 1140. The second-order valence-corrected chi connectivity index (χ2v) is 11.8. The van der Waals surface area contributed by atoms with Gasteiger partial charge in [-0.25, -0.2) is 0 Å². The highest BCUT2D eigenvalue weighted by molar-refractivity contribution is 6.00. The molecule has 2 atom stereocenters. The van der Waals surface area contributed by atoms with Crippen molar-refractivity contribution in [2.75, 3.05) is 0 Å². The topological polar surface area (TPSA) is 114 Å². The van der Waals surface area contributed by atoms with E-state index in [2.05, 4.69) is 16.0 Å². The van der Waals surface area contributed by atoms with E-state index in [1.54, 1.807) is 58.0 Å². The average molecular weight is 550 g/mol. The first-order valence-corrected chi connectivity index (χ1v) is 14.2. The molecule has 1 aliphatic rings. The number of nitrogens with one attached hydrogen (secondary N) is 3. The number of benzene rings is 2. The lowest BCUT2D eigenvalue weighted by atomic mass is 9.92. The molecule has 216 valence electrons. The Morgan fingerprint density at radius 2 is 1.48 bits per heavy atom. The van der Waals surface area contributed by atoms with Crippen LogP contribution in [0.1, 0.15) is 88.6 Å². The van der Waals surface area contributed by atoms with Crippen LogP contribution < -0.4 is 16.0 Å². The van der Waals surface area contributed by atoms with Crippen molar-refractivity contribution >= 4 is 23.7 Å². The molecule has 0 aliphatic heterocycles. The summed E-state index contributed by atoms with van der Waals surface area (Å²) in [5, 5.41) is 8.86. The summed E-state index contributed by atoms with van der Waals surface area (Å²) >= 11 is 0. The molecule has 8 nitrogen and oxygen atoms in total. The zero-order valence-corrected chi connectivity index (χ0v) is 24.1. The summed E-state index contributed by atoms with van der Waals surface area (Å²) in [5.41, 5.74) is -0.879. The molecule has 3 rings (SSSR count). The van der Waals surface area contributed by atoms with Gasteiger partial charge >= 0.3 is 5.97 Å². The molecule has 0 heterocycles. The summed E-state index contributed by atoms with van der Waals surface area (Å²) in [4.78, 5) is 53.0. The maximum absolute atomic E-state index is 13.9. The van der Waals surface area contributed by atoms with Crippen LogP contribution in [-0.2, 0) is 25.5 Å². The van der Waals surface area contributed by atoms with Gasteiger partial charge in [-0.05, 0) is 64.7 Å². The molecular formula is C32H43N3O5. The number of hydrogen-bond acceptors (Lipinski definition) is 5. The van der Waals surface area contributed by atoms with Crippen LogP contribution in [0.15, 0.2) is 60.7 Å². The highest BCUT2D eigenvalue weighted by Gasteiger charge is 2.38. The molecule has 0 aromatic heterocycles. The smallest absolute Gasteiger partial charge is 0.306 e. The van der Waals surface area contributed by atoms with Crippen LogP contribution in [0.25, 0.3) is 0 Å². The van der Waals surface area contributed by atoms with E-state index in [-0.39, 0.29) is 24.8 Å². The maximum Gasteiger partial charge on any atom is 0.306 e.